The van der Waals surface area contributed by atoms with Crippen LogP contribution < -0.4 is 37.2 Å². The number of amides is 7. The second kappa shape index (κ2) is 28.6. The van der Waals surface area contributed by atoms with Crippen LogP contribution in [0, 0.1) is 17.8 Å². The lowest BCUT2D eigenvalue weighted by Gasteiger charge is -2.32. The second-order valence-corrected chi connectivity index (χ2v) is 18.5. The van der Waals surface area contributed by atoms with E-state index in [1.54, 1.807) is 58.0 Å². The smallest absolute Gasteiger partial charge is 0.326 e. The highest BCUT2D eigenvalue weighted by molar-refractivity contribution is 7.98. The SMILES string of the molecule is CSCC[C@H](NC(=O)[C@@H](NC(C)=O)C(C)C)C(=O)N[C@@H](CC1CCCCC1)C(O)CC(=O)N[C@H](C(=O)N[C@@H](C)C(=O)N[C@@H](CCC(=O)O)C(=O)N[C@@H](Cc1ccccc1)C(=O)O)C(C)C. The molecule has 10 N–H and O–H groups in total. The molecule has 1 aliphatic carbocycles. The Kier molecular flexibility index (Phi) is 24.6. The van der Waals surface area contributed by atoms with Crippen LogP contribution >= 0.6 is 11.8 Å². The van der Waals surface area contributed by atoms with Crippen LogP contribution in [0.5, 0.6) is 0 Å². The van der Waals surface area contributed by atoms with Crippen molar-refractivity contribution in [1.29, 1.82) is 0 Å². The molecule has 1 aliphatic rings. The largest absolute Gasteiger partial charge is 0.481 e. The van der Waals surface area contributed by atoms with Crippen molar-refractivity contribution in [3.63, 3.8) is 0 Å². The number of aliphatic hydroxyl groups excluding tert-OH is 1. The minimum atomic E-state index is -1.47. The minimum Gasteiger partial charge on any atom is -0.481 e. The highest BCUT2D eigenvalue weighted by atomic mass is 32.2. The van der Waals surface area contributed by atoms with E-state index >= 15 is 0 Å². The summed E-state index contributed by atoms with van der Waals surface area (Å²) in [5.41, 5.74) is 0.615. The fourth-order valence-electron chi connectivity index (χ4n) is 7.52. The summed E-state index contributed by atoms with van der Waals surface area (Å²) in [6, 6.07) is 0.324. The Labute approximate surface area is 385 Å². The predicted octanol–water partition coefficient (Wildman–Crippen LogP) is 1.40. The van der Waals surface area contributed by atoms with E-state index in [9.17, 15) is 58.5 Å². The van der Waals surface area contributed by atoms with Gasteiger partial charge in [0.05, 0.1) is 18.6 Å². The van der Waals surface area contributed by atoms with Crippen molar-refractivity contribution < 1.29 is 58.5 Å². The number of nitrogens with one attached hydrogen (secondary N) is 7. The first-order valence-electron chi connectivity index (χ1n) is 22.4. The first kappa shape index (κ1) is 55.9. The van der Waals surface area contributed by atoms with Gasteiger partial charge in [0.2, 0.25) is 41.4 Å². The highest BCUT2D eigenvalue weighted by Crippen LogP contribution is 2.28. The molecule has 7 amide bonds. The third kappa shape index (κ3) is 20.6. The van der Waals surface area contributed by atoms with Gasteiger partial charge in [0.25, 0.3) is 0 Å². The standard InChI is InChI=1S/C45H71N7O12S/c1-25(2)38(47-28(6)53)44(62)49-32(20-21-65-7)42(60)50-33(22-29-14-10-8-11-15-29)35(54)24-36(55)52-39(26(3)4)43(61)46-27(5)40(58)48-31(18-19-37(56)57)41(59)51-34(45(63)64)23-30-16-12-9-13-17-30/h9,12-13,16-17,25-27,29,31-35,38-39,54H,8,10-11,14-15,18-24H2,1-7H3,(H,46,61)(H,47,53)(H,48,58)(H,49,62)(H,50,60)(H,51,59)(H,52,55)(H,56,57)(H,63,64)/t27-,31-,32-,33-,34-,35?,38-,39-/m0/s1. The van der Waals surface area contributed by atoms with Crippen LogP contribution in [0.25, 0.3) is 0 Å². The van der Waals surface area contributed by atoms with Crippen molar-refractivity contribution in [2.24, 2.45) is 17.8 Å². The zero-order valence-electron chi connectivity index (χ0n) is 38.6. The summed E-state index contributed by atoms with van der Waals surface area (Å²) in [7, 11) is 0. The maximum Gasteiger partial charge on any atom is 0.326 e. The van der Waals surface area contributed by atoms with E-state index in [0.717, 1.165) is 32.1 Å². The molecule has 364 valence electrons. The van der Waals surface area contributed by atoms with Crippen molar-refractivity contribution in [2.75, 3.05) is 12.0 Å². The van der Waals surface area contributed by atoms with Gasteiger partial charge in [-0.3, -0.25) is 38.4 Å². The van der Waals surface area contributed by atoms with Crippen LogP contribution in [0.15, 0.2) is 30.3 Å². The molecule has 20 heteroatoms. The molecule has 1 unspecified atom stereocenters. The van der Waals surface area contributed by atoms with Gasteiger partial charge in [-0.2, -0.15) is 11.8 Å². The Morgan fingerprint density at radius 3 is 1.75 bits per heavy atom. The maximum absolute atomic E-state index is 13.9. The molecule has 1 aromatic carbocycles. The first-order valence-corrected chi connectivity index (χ1v) is 23.8. The van der Waals surface area contributed by atoms with Crippen LogP contribution in [0.2, 0.25) is 0 Å². The zero-order chi connectivity index (χ0) is 48.8. The van der Waals surface area contributed by atoms with E-state index in [4.69, 9.17) is 0 Å². The maximum atomic E-state index is 13.9. The number of hydrogen-bond donors (Lipinski definition) is 10. The number of carbonyl (C=O) groups is 9. The first-order chi connectivity index (χ1) is 30.6. The molecule has 65 heavy (non-hydrogen) atoms. The molecule has 0 aromatic heterocycles. The topological polar surface area (TPSA) is 299 Å². The van der Waals surface area contributed by atoms with Gasteiger partial charge in [0, 0.05) is 19.8 Å². The molecule has 0 spiro atoms. The summed E-state index contributed by atoms with van der Waals surface area (Å²) < 4.78 is 0. The molecule has 1 aromatic rings. The van der Waals surface area contributed by atoms with Gasteiger partial charge in [0.15, 0.2) is 0 Å². The molecule has 1 fully saturated rings. The molecule has 0 bridgehead atoms. The quantitative estimate of drug-likeness (QED) is 0.0569. The van der Waals surface area contributed by atoms with Gasteiger partial charge in [-0.05, 0) is 61.5 Å². The normalized spacial score (nSPS) is 16.6. The summed E-state index contributed by atoms with van der Waals surface area (Å²) in [6.45, 7) is 9.45. The number of hydrogen-bond acceptors (Lipinski definition) is 11. The molecular weight excluding hydrogens is 863 g/mol. The number of benzene rings is 1. The number of rotatable bonds is 28. The number of carboxylic acids is 2. The fourth-order valence-corrected chi connectivity index (χ4v) is 7.99. The fraction of sp³-hybridized carbons (Fsp3) is 0.667. The Morgan fingerprint density at radius 1 is 0.662 bits per heavy atom. The molecular formula is C45H71N7O12S. The molecule has 2 rings (SSSR count). The average molecular weight is 934 g/mol. The molecule has 0 heterocycles. The summed E-state index contributed by atoms with van der Waals surface area (Å²) in [4.78, 5) is 116. The average Bonchev–Trinajstić information content (AvgIpc) is 3.24. The summed E-state index contributed by atoms with van der Waals surface area (Å²) in [5.74, 6) is -7.53. The second-order valence-electron chi connectivity index (χ2n) is 17.5. The van der Waals surface area contributed by atoms with Gasteiger partial charge in [0.1, 0.15) is 36.3 Å². The number of aliphatic carboxylic acids is 2. The Hall–Kier alpha value is -5.24. The van der Waals surface area contributed by atoms with Crippen LogP contribution in [0.1, 0.15) is 111 Å². The lowest BCUT2D eigenvalue weighted by atomic mass is 9.83. The van der Waals surface area contributed by atoms with Crippen LogP contribution in [-0.2, 0) is 49.6 Å². The molecule has 19 nitrogen and oxygen atoms in total. The van der Waals surface area contributed by atoms with Crippen molar-refractivity contribution >= 4 is 65.1 Å². The van der Waals surface area contributed by atoms with Crippen LogP contribution in [-0.4, -0.2) is 129 Å². The molecule has 1 saturated carbocycles. The Balaban J connectivity index is 2.19. The third-order valence-electron chi connectivity index (χ3n) is 11.2. The Bertz CT molecular complexity index is 1760. The van der Waals surface area contributed by atoms with Gasteiger partial charge in [-0.25, -0.2) is 4.79 Å². The van der Waals surface area contributed by atoms with Gasteiger partial charge < -0.3 is 52.5 Å². The molecule has 0 aliphatic heterocycles. The molecule has 0 radical (unpaired) electrons. The minimum absolute atomic E-state index is 0.0807. The van der Waals surface area contributed by atoms with Crippen molar-refractivity contribution in [1.82, 2.24) is 37.2 Å². The highest BCUT2D eigenvalue weighted by Gasteiger charge is 2.35. The molecule has 8 atom stereocenters. The number of thioether (sulfide) groups is 1. The zero-order valence-corrected chi connectivity index (χ0v) is 39.5. The van der Waals surface area contributed by atoms with E-state index in [1.165, 1.54) is 25.6 Å². The predicted molar refractivity (Wildman–Crippen MR) is 244 cm³/mol. The summed E-state index contributed by atoms with van der Waals surface area (Å²) in [6.07, 6.45) is 4.32. The Morgan fingerprint density at radius 2 is 1.20 bits per heavy atom. The number of carbonyl (C=O) groups excluding carboxylic acids is 7. The summed E-state index contributed by atoms with van der Waals surface area (Å²) in [5, 5.41) is 48.8. The van der Waals surface area contributed by atoms with Crippen molar-refractivity contribution in [2.45, 2.75) is 161 Å². The van der Waals surface area contributed by atoms with E-state index in [2.05, 4.69) is 37.2 Å². The monoisotopic (exact) mass is 933 g/mol. The van der Waals surface area contributed by atoms with Crippen molar-refractivity contribution in [3.05, 3.63) is 35.9 Å². The van der Waals surface area contributed by atoms with E-state index in [-0.39, 0.29) is 31.1 Å². The number of aliphatic hydroxyl groups is 1. The molecule has 0 saturated heterocycles. The number of carboxylic acid groups (broad SMARTS) is 2. The summed E-state index contributed by atoms with van der Waals surface area (Å²) >= 11 is 1.47. The van der Waals surface area contributed by atoms with Crippen LogP contribution in [0.3, 0.4) is 0 Å². The third-order valence-corrected chi connectivity index (χ3v) is 11.9. The van der Waals surface area contributed by atoms with Gasteiger partial charge in [-0.1, -0.05) is 90.1 Å². The van der Waals surface area contributed by atoms with E-state index in [1.807, 2.05) is 6.26 Å². The van der Waals surface area contributed by atoms with Gasteiger partial charge >= 0.3 is 11.9 Å². The van der Waals surface area contributed by atoms with E-state index in [0.29, 0.717) is 17.7 Å². The lowest BCUT2D eigenvalue weighted by Crippen LogP contribution is -2.58. The van der Waals surface area contributed by atoms with Crippen LogP contribution in [0.4, 0.5) is 0 Å². The van der Waals surface area contributed by atoms with Crippen molar-refractivity contribution in [3.8, 4) is 0 Å². The van der Waals surface area contributed by atoms with Gasteiger partial charge in [-0.15, -0.1) is 0 Å². The lowest BCUT2D eigenvalue weighted by molar-refractivity contribution is -0.143. The van der Waals surface area contributed by atoms with E-state index < -0.39 is 120 Å².